The van der Waals surface area contributed by atoms with Gasteiger partial charge in [-0.15, -0.1) is 0 Å². The number of amides is 2. The van der Waals surface area contributed by atoms with Gasteiger partial charge in [0.15, 0.2) is 11.5 Å². The van der Waals surface area contributed by atoms with Crippen molar-refractivity contribution >= 4 is 41.0 Å². The molecule has 0 bridgehead atoms. The Kier molecular flexibility index (Phi) is 10.5. The molecule has 0 saturated heterocycles. The number of hydrogen-bond acceptors (Lipinski definition) is 4. The molecule has 0 aliphatic rings. The summed E-state index contributed by atoms with van der Waals surface area (Å²) >= 11 is 13.9. The average molecular weight is 471 g/mol. The van der Waals surface area contributed by atoms with E-state index in [1.54, 1.807) is 43.0 Å². The molecular weight excluding hydrogens is 443 g/mol. The number of ether oxygens (including phenoxy) is 2. The maximum atomic E-state index is 12.8. The highest BCUT2D eigenvalue weighted by Crippen LogP contribution is 2.28. The van der Waals surface area contributed by atoms with Crippen molar-refractivity contribution in [1.82, 2.24) is 10.2 Å². The van der Waals surface area contributed by atoms with Gasteiger partial charge in [0, 0.05) is 19.6 Å². The molecule has 1 N–H and O–H groups in total. The first-order valence-corrected chi connectivity index (χ1v) is 11.8. The summed E-state index contributed by atoms with van der Waals surface area (Å²) in [5.41, 5.74) is 1.98. The van der Waals surface area contributed by atoms with Crippen molar-refractivity contribution in [2.75, 3.05) is 39.3 Å². The normalized spacial score (nSPS) is 10.6. The first-order valence-electron chi connectivity index (χ1n) is 9.65. The summed E-state index contributed by atoms with van der Waals surface area (Å²) in [4.78, 5) is 14.6. The topological polar surface area (TPSA) is 50.8 Å². The number of urea groups is 1. The van der Waals surface area contributed by atoms with E-state index < -0.39 is 0 Å². The van der Waals surface area contributed by atoms with E-state index in [1.165, 1.54) is 0 Å². The molecule has 0 spiro atoms. The van der Waals surface area contributed by atoms with Crippen LogP contribution in [-0.4, -0.2) is 50.2 Å². The van der Waals surface area contributed by atoms with Crippen molar-refractivity contribution in [2.24, 2.45) is 0 Å². The van der Waals surface area contributed by atoms with E-state index >= 15 is 0 Å². The fourth-order valence-electron chi connectivity index (χ4n) is 2.93. The van der Waals surface area contributed by atoms with Crippen LogP contribution >= 0.6 is 35.0 Å². The minimum Gasteiger partial charge on any atom is -0.493 e. The summed E-state index contributed by atoms with van der Waals surface area (Å²) < 4.78 is 10.7. The number of carbonyl (C=O) groups excluding carboxylic acids is 1. The van der Waals surface area contributed by atoms with Crippen molar-refractivity contribution in [2.45, 2.75) is 19.4 Å². The molecule has 2 amide bonds. The van der Waals surface area contributed by atoms with Gasteiger partial charge in [-0.1, -0.05) is 35.3 Å². The van der Waals surface area contributed by atoms with E-state index in [-0.39, 0.29) is 6.03 Å². The smallest absolute Gasteiger partial charge is 0.317 e. The quantitative estimate of drug-likeness (QED) is 0.439. The third-order valence-corrected chi connectivity index (χ3v) is 6.00. The third kappa shape index (κ3) is 7.49. The van der Waals surface area contributed by atoms with E-state index in [2.05, 4.69) is 11.6 Å². The molecular formula is C22H28Cl2N2O3S. The highest BCUT2D eigenvalue weighted by Gasteiger charge is 2.15. The second-order valence-corrected chi connectivity index (χ2v) is 8.49. The minimum absolute atomic E-state index is 0.0948. The number of nitrogens with zero attached hydrogens (tertiary/aromatic N) is 1. The standard InChI is InChI=1S/C22H28Cl2N2O3S/c1-28-20-8-6-16(14-21(20)29-2)9-11-26(22(27)25-10-4-12-30-3)15-17-5-7-18(23)19(24)13-17/h5-8,13-14H,4,9-12,15H2,1-3H3,(H,25,27). The lowest BCUT2D eigenvalue weighted by molar-refractivity contribution is 0.196. The molecule has 8 heteroatoms. The number of methoxy groups -OCH3 is 2. The van der Waals surface area contributed by atoms with Gasteiger partial charge in [-0.05, 0) is 60.2 Å². The van der Waals surface area contributed by atoms with E-state index in [4.69, 9.17) is 32.7 Å². The Balaban J connectivity index is 2.09. The van der Waals surface area contributed by atoms with Crippen LogP contribution in [0.25, 0.3) is 0 Å². The van der Waals surface area contributed by atoms with Crippen molar-refractivity contribution < 1.29 is 14.3 Å². The van der Waals surface area contributed by atoms with Crippen LogP contribution in [-0.2, 0) is 13.0 Å². The maximum absolute atomic E-state index is 12.8. The third-order valence-electron chi connectivity index (χ3n) is 4.56. The van der Waals surface area contributed by atoms with E-state index in [0.717, 1.165) is 23.3 Å². The summed E-state index contributed by atoms with van der Waals surface area (Å²) in [6.45, 7) is 1.64. The Bertz CT molecular complexity index is 836. The molecule has 164 valence electrons. The van der Waals surface area contributed by atoms with Crippen LogP contribution < -0.4 is 14.8 Å². The number of thioether (sulfide) groups is 1. The van der Waals surface area contributed by atoms with Crippen molar-refractivity contribution in [3.8, 4) is 11.5 Å². The van der Waals surface area contributed by atoms with Gasteiger partial charge in [0.2, 0.25) is 0 Å². The fraction of sp³-hybridized carbons (Fsp3) is 0.409. The zero-order chi connectivity index (χ0) is 21.9. The first kappa shape index (κ1) is 24.5. The van der Waals surface area contributed by atoms with Gasteiger partial charge in [-0.3, -0.25) is 0 Å². The SMILES string of the molecule is COc1ccc(CCN(Cc2ccc(Cl)c(Cl)c2)C(=O)NCCCSC)cc1OC. The molecule has 0 saturated carbocycles. The fourth-order valence-corrected chi connectivity index (χ4v) is 3.69. The molecule has 0 radical (unpaired) electrons. The monoisotopic (exact) mass is 470 g/mol. The van der Waals surface area contributed by atoms with Gasteiger partial charge >= 0.3 is 6.03 Å². The van der Waals surface area contributed by atoms with Crippen molar-refractivity contribution in [3.05, 3.63) is 57.6 Å². The molecule has 2 rings (SSSR count). The number of nitrogens with one attached hydrogen (secondary N) is 1. The van der Waals surface area contributed by atoms with Crippen LogP contribution in [0.15, 0.2) is 36.4 Å². The molecule has 5 nitrogen and oxygen atoms in total. The average Bonchev–Trinajstić information content (AvgIpc) is 2.76. The lowest BCUT2D eigenvalue weighted by Gasteiger charge is -2.24. The lowest BCUT2D eigenvalue weighted by Crippen LogP contribution is -2.41. The first-order chi connectivity index (χ1) is 14.5. The van der Waals surface area contributed by atoms with E-state index in [1.807, 2.05) is 24.3 Å². The summed E-state index contributed by atoms with van der Waals surface area (Å²) in [6, 6.07) is 11.1. The summed E-state index contributed by atoms with van der Waals surface area (Å²) in [5.74, 6) is 2.37. The minimum atomic E-state index is -0.0948. The predicted octanol–water partition coefficient (Wildman–Crippen LogP) is 5.52. The highest BCUT2D eigenvalue weighted by molar-refractivity contribution is 7.98. The molecule has 30 heavy (non-hydrogen) atoms. The molecule has 0 aromatic heterocycles. The highest BCUT2D eigenvalue weighted by atomic mass is 35.5. The van der Waals surface area contributed by atoms with Gasteiger partial charge in [0.25, 0.3) is 0 Å². The van der Waals surface area contributed by atoms with Crippen LogP contribution in [0, 0.1) is 0 Å². The summed E-state index contributed by atoms with van der Waals surface area (Å²) in [7, 11) is 3.22. The van der Waals surface area contributed by atoms with Crippen LogP contribution in [0.2, 0.25) is 10.0 Å². The van der Waals surface area contributed by atoms with Gasteiger partial charge in [-0.25, -0.2) is 4.79 Å². The Labute approximate surface area is 193 Å². The van der Waals surface area contributed by atoms with Gasteiger partial charge < -0.3 is 19.7 Å². The molecule has 0 aliphatic heterocycles. The largest absolute Gasteiger partial charge is 0.493 e. The summed E-state index contributed by atoms with van der Waals surface area (Å²) in [6.07, 6.45) is 3.67. The van der Waals surface area contributed by atoms with Gasteiger partial charge in [-0.2, -0.15) is 11.8 Å². The molecule has 0 fully saturated rings. The lowest BCUT2D eigenvalue weighted by atomic mass is 10.1. The maximum Gasteiger partial charge on any atom is 0.317 e. The van der Waals surface area contributed by atoms with Crippen molar-refractivity contribution in [1.29, 1.82) is 0 Å². The number of carbonyl (C=O) groups is 1. The Hall–Kier alpha value is -1.76. The van der Waals surface area contributed by atoms with Crippen molar-refractivity contribution in [3.63, 3.8) is 0 Å². The second-order valence-electron chi connectivity index (χ2n) is 6.69. The molecule has 2 aromatic carbocycles. The molecule has 0 heterocycles. The zero-order valence-electron chi connectivity index (χ0n) is 17.5. The van der Waals surface area contributed by atoms with E-state index in [0.29, 0.717) is 47.6 Å². The second kappa shape index (κ2) is 12.8. The summed E-state index contributed by atoms with van der Waals surface area (Å²) in [5, 5.41) is 3.99. The van der Waals surface area contributed by atoms with Crippen LogP contribution in [0.3, 0.4) is 0 Å². The molecule has 0 aliphatic carbocycles. The predicted molar refractivity (Wildman–Crippen MR) is 127 cm³/mol. The Morgan fingerprint density at radius 3 is 2.43 bits per heavy atom. The number of halogens is 2. The van der Waals surface area contributed by atoms with Gasteiger partial charge in [0.1, 0.15) is 0 Å². The molecule has 0 unspecified atom stereocenters. The number of hydrogen-bond donors (Lipinski definition) is 1. The molecule has 2 aromatic rings. The zero-order valence-corrected chi connectivity index (χ0v) is 19.9. The number of benzene rings is 2. The molecule has 0 atom stereocenters. The van der Waals surface area contributed by atoms with E-state index in [9.17, 15) is 4.79 Å². The van der Waals surface area contributed by atoms with Gasteiger partial charge in [0.05, 0.1) is 24.3 Å². The van der Waals surface area contributed by atoms with Crippen LogP contribution in [0.4, 0.5) is 4.79 Å². The van der Waals surface area contributed by atoms with Crippen LogP contribution in [0.1, 0.15) is 17.5 Å². The number of rotatable bonds is 11. The Morgan fingerprint density at radius 2 is 1.77 bits per heavy atom. The Morgan fingerprint density at radius 1 is 1.03 bits per heavy atom. The van der Waals surface area contributed by atoms with Crippen LogP contribution in [0.5, 0.6) is 11.5 Å².